The topological polar surface area (TPSA) is 73.3 Å². The molecule has 0 radical (unpaired) electrons. The lowest BCUT2D eigenvalue weighted by atomic mass is 10.1. The Labute approximate surface area is 162 Å². The molecule has 0 fully saturated rings. The maximum absolute atomic E-state index is 13.1. The number of carbonyl (C=O) groups is 1. The molecule has 6 nitrogen and oxygen atoms in total. The number of halogens is 1. The molecule has 1 atom stereocenters. The lowest BCUT2D eigenvalue weighted by Gasteiger charge is -2.14. The van der Waals surface area contributed by atoms with Crippen molar-refractivity contribution in [2.45, 2.75) is 13.0 Å². The molecular weight excluding hydrogens is 361 g/mol. The van der Waals surface area contributed by atoms with Gasteiger partial charge in [-0.2, -0.15) is 0 Å². The van der Waals surface area contributed by atoms with E-state index in [1.807, 2.05) is 36.4 Å². The summed E-state index contributed by atoms with van der Waals surface area (Å²) in [6.07, 6.45) is -0.758. The largest absolute Gasteiger partial charge is 0.481 e. The van der Waals surface area contributed by atoms with Crippen molar-refractivity contribution >= 4 is 5.91 Å². The number of aromatic nitrogens is 2. The third-order valence-electron chi connectivity index (χ3n) is 3.84. The van der Waals surface area contributed by atoms with E-state index >= 15 is 0 Å². The third-order valence-corrected chi connectivity index (χ3v) is 3.84. The summed E-state index contributed by atoms with van der Waals surface area (Å²) >= 11 is 0. The normalized spacial score (nSPS) is 11.5. The van der Waals surface area contributed by atoms with Crippen LogP contribution in [0.5, 0.6) is 11.6 Å². The van der Waals surface area contributed by atoms with Gasteiger partial charge in [-0.15, -0.1) is 10.2 Å². The van der Waals surface area contributed by atoms with Crippen LogP contribution in [0.25, 0.3) is 11.3 Å². The number of hydrogen-bond donors (Lipinski definition) is 1. The maximum Gasteiger partial charge on any atom is 0.260 e. The summed E-state index contributed by atoms with van der Waals surface area (Å²) in [7, 11) is 0. The molecule has 2 aromatic carbocycles. The van der Waals surface area contributed by atoms with Gasteiger partial charge in [0.1, 0.15) is 18.2 Å². The molecule has 1 aromatic heterocycles. The lowest BCUT2D eigenvalue weighted by molar-refractivity contribution is -0.127. The minimum atomic E-state index is -0.758. The third kappa shape index (κ3) is 5.51. The average Bonchev–Trinajstić information content (AvgIpc) is 2.72. The lowest BCUT2D eigenvalue weighted by Crippen LogP contribution is -2.38. The van der Waals surface area contributed by atoms with Crippen LogP contribution in [0.15, 0.2) is 66.7 Å². The molecule has 0 aliphatic carbocycles. The van der Waals surface area contributed by atoms with E-state index in [4.69, 9.17) is 9.47 Å². The van der Waals surface area contributed by atoms with Gasteiger partial charge in [0.25, 0.3) is 5.91 Å². The monoisotopic (exact) mass is 381 g/mol. The Morgan fingerprint density at radius 2 is 1.89 bits per heavy atom. The second kappa shape index (κ2) is 9.45. The predicted molar refractivity (Wildman–Crippen MR) is 102 cm³/mol. The summed E-state index contributed by atoms with van der Waals surface area (Å²) in [5, 5.41) is 10.9. The van der Waals surface area contributed by atoms with Crippen LogP contribution in [0, 0.1) is 5.82 Å². The highest BCUT2D eigenvalue weighted by Crippen LogP contribution is 2.17. The second-order valence-corrected chi connectivity index (χ2v) is 5.98. The summed E-state index contributed by atoms with van der Waals surface area (Å²) in [5.74, 6) is -0.0676. The summed E-state index contributed by atoms with van der Waals surface area (Å²) in [4.78, 5) is 12.0. The van der Waals surface area contributed by atoms with Crippen LogP contribution in [0.3, 0.4) is 0 Å². The Kier molecular flexibility index (Phi) is 6.51. The first-order chi connectivity index (χ1) is 13.6. The molecule has 1 amide bonds. The zero-order chi connectivity index (χ0) is 19.8. The Balaban J connectivity index is 1.41. The quantitative estimate of drug-likeness (QED) is 0.607. The van der Waals surface area contributed by atoms with Gasteiger partial charge in [-0.25, -0.2) is 4.39 Å². The molecule has 3 rings (SSSR count). The summed E-state index contributed by atoms with van der Waals surface area (Å²) in [6, 6.07) is 18.9. The maximum atomic E-state index is 13.1. The molecule has 144 valence electrons. The highest BCUT2D eigenvalue weighted by atomic mass is 19.1. The van der Waals surface area contributed by atoms with Crippen LogP contribution in [0.4, 0.5) is 4.39 Å². The Morgan fingerprint density at radius 1 is 1.07 bits per heavy atom. The van der Waals surface area contributed by atoms with Crippen molar-refractivity contribution in [3.8, 4) is 22.9 Å². The number of nitrogens with one attached hydrogen (secondary N) is 1. The molecule has 0 aliphatic heterocycles. The summed E-state index contributed by atoms with van der Waals surface area (Å²) < 4.78 is 24.0. The van der Waals surface area contributed by atoms with E-state index in [0.29, 0.717) is 11.6 Å². The number of carbonyl (C=O) groups excluding carboxylic acids is 1. The van der Waals surface area contributed by atoms with Gasteiger partial charge in [0.15, 0.2) is 6.10 Å². The zero-order valence-corrected chi connectivity index (χ0v) is 15.3. The van der Waals surface area contributed by atoms with Crippen molar-refractivity contribution in [2.24, 2.45) is 0 Å². The van der Waals surface area contributed by atoms with E-state index < -0.39 is 11.9 Å². The van der Waals surface area contributed by atoms with Crippen molar-refractivity contribution in [2.75, 3.05) is 13.2 Å². The fourth-order valence-corrected chi connectivity index (χ4v) is 2.43. The first kappa shape index (κ1) is 19.3. The van der Waals surface area contributed by atoms with Crippen LogP contribution >= 0.6 is 0 Å². The summed E-state index contributed by atoms with van der Waals surface area (Å²) in [5.41, 5.74) is 1.73. The van der Waals surface area contributed by atoms with Crippen molar-refractivity contribution in [1.29, 1.82) is 0 Å². The Morgan fingerprint density at radius 3 is 2.61 bits per heavy atom. The standard InChI is InChI=1S/C21H20FN3O3/c1-15(28-18-9-5-8-17(22)14-18)21(26)23-12-13-27-20-11-10-19(24-25-20)16-6-3-2-4-7-16/h2-11,14-15H,12-13H2,1H3,(H,23,26). The molecule has 7 heteroatoms. The van der Waals surface area contributed by atoms with E-state index in [1.54, 1.807) is 19.1 Å². The van der Waals surface area contributed by atoms with Crippen LogP contribution < -0.4 is 14.8 Å². The number of ether oxygens (including phenoxy) is 2. The van der Waals surface area contributed by atoms with Crippen molar-refractivity contribution < 1.29 is 18.7 Å². The zero-order valence-electron chi connectivity index (χ0n) is 15.3. The molecule has 0 bridgehead atoms. The van der Waals surface area contributed by atoms with Crippen molar-refractivity contribution in [3.05, 3.63) is 72.5 Å². The molecule has 1 heterocycles. The first-order valence-electron chi connectivity index (χ1n) is 8.84. The molecule has 28 heavy (non-hydrogen) atoms. The fourth-order valence-electron chi connectivity index (χ4n) is 2.43. The van der Waals surface area contributed by atoms with Crippen LogP contribution in [0.1, 0.15) is 6.92 Å². The van der Waals surface area contributed by atoms with Gasteiger partial charge < -0.3 is 14.8 Å². The van der Waals surface area contributed by atoms with E-state index in [1.165, 1.54) is 18.2 Å². The minimum absolute atomic E-state index is 0.234. The highest BCUT2D eigenvalue weighted by Gasteiger charge is 2.14. The molecule has 1 N–H and O–H groups in total. The van der Waals surface area contributed by atoms with Gasteiger partial charge in [0, 0.05) is 17.7 Å². The molecular formula is C21H20FN3O3. The van der Waals surface area contributed by atoms with Gasteiger partial charge in [0.2, 0.25) is 5.88 Å². The minimum Gasteiger partial charge on any atom is -0.481 e. The fraction of sp³-hybridized carbons (Fsp3) is 0.190. The first-order valence-corrected chi connectivity index (χ1v) is 8.84. The van der Waals surface area contributed by atoms with E-state index in [9.17, 15) is 9.18 Å². The number of rotatable bonds is 8. The second-order valence-electron chi connectivity index (χ2n) is 5.98. The molecule has 0 saturated carbocycles. The van der Waals surface area contributed by atoms with E-state index in [0.717, 1.165) is 11.3 Å². The SMILES string of the molecule is CC(Oc1cccc(F)c1)C(=O)NCCOc1ccc(-c2ccccc2)nn1. The van der Waals surface area contributed by atoms with E-state index in [2.05, 4.69) is 15.5 Å². The average molecular weight is 381 g/mol. The van der Waals surface area contributed by atoms with Gasteiger partial charge in [-0.1, -0.05) is 36.4 Å². The smallest absolute Gasteiger partial charge is 0.260 e. The molecule has 0 saturated heterocycles. The van der Waals surface area contributed by atoms with Crippen LogP contribution in [0.2, 0.25) is 0 Å². The number of amides is 1. The van der Waals surface area contributed by atoms with Crippen molar-refractivity contribution in [3.63, 3.8) is 0 Å². The summed E-state index contributed by atoms with van der Waals surface area (Å²) in [6.45, 7) is 2.10. The van der Waals surface area contributed by atoms with E-state index in [-0.39, 0.29) is 19.1 Å². The Hall–Kier alpha value is -3.48. The molecule has 3 aromatic rings. The van der Waals surface area contributed by atoms with Gasteiger partial charge in [0.05, 0.1) is 12.2 Å². The van der Waals surface area contributed by atoms with Gasteiger partial charge in [-0.3, -0.25) is 4.79 Å². The van der Waals surface area contributed by atoms with Crippen LogP contribution in [-0.2, 0) is 4.79 Å². The van der Waals surface area contributed by atoms with Gasteiger partial charge in [-0.05, 0) is 25.1 Å². The Bertz CT molecular complexity index is 904. The number of hydrogen-bond acceptors (Lipinski definition) is 5. The number of nitrogens with zero attached hydrogens (tertiary/aromatic N) is 2. The van der Waals surface area contributed by atoms with Crippen molar-refractivity contribution in [1.82, 2.24) is 15.5 Å². The van der Waals surface area contributed by atoms with Gasteiger partial charge >= 0.3 is 0 Å². The molecule has 1 unspecified atom stereocenters. The molecule has 0 spiro atoms. The highest BCUT2D eigenvalue weighted by molar-refractivity contribution is 5.80. The van der Waals surface area contributed by atoms with Crippen LogP contribution in [-0.4, -0.2) is 35.4 Å². The predicted octanol–water partition coefficient (Wildman–Crippen LogP) is 3.25. The molecule has 0 aliphatic rings. The number of benzene rings is 2.